The molecule has 0 aliphatic heterocycles. The topological polar surface area (TPSA) is 63.2 Å². The summed E-state index contributed by atoms with van der Waals surface area (Å²) in [5, 5.41) is 0. The Morgan fingerprint density at radius 2 is 1.31 bits per heavy atom. The van der Waals surface area contributed by atoms with Crippen LogP contribution in [0.15, 0.2) is 30.3 Å². The summed E-state index contributed by atoms with van der Waals surface area (Å²) in [6, 6.07) is 9.03. The second-order valence-corrected chi connectivity index (χ2v) is 5.58. The minimum absolute atomic E-state index is 0.0442. The van der Waals surface area contributed by atoms with E-state index in [4.69, 9.17) is 23.7 Å². The number of methoxy groups -OCH3 is 5. The average molecular weight is 360 g/mol. The number of ether oxygens (including phenoxy) is 5. The van der Waals surface area contributed by atoms with Crippen molar-refractivity contribution in [1.29, 1.82) is 0 Å². The number of ketones is 1. The first-order chi connectivity index (χ1) is 12.6. The van der Waals surface area contributed by atoms with Crippen LogP contribution in [0.1, 0.15) is 11.1 Å². The first kappa shape index (κ1) is 19.4. The Morgan fingerprint density at radius 3 is 1.88 bits per heavy atom. The summed E-state index contributed by atoms with van der Waals surface area (Å²) in [7, 11) is 7.78. The van der Waals surface area contributed by atoms with Gasteiger partial charge in [0.25, 0.3) is 0 Å². The minimum atomic E-state index is 0.0442. The molecular formula is C20H24O6. The Hall–Kier alpha value is -2.89. The molecule has 0 spiro atoms. The van der Waals surface area contributed by atoms with Gasteiger partial charge in [-0.25, -0.2) is 0 Å². The van der Waals surface area contributed by atoms with Gasteiger partial charge in [-0.1, -0.05) is 12.1 Å². The Kier molecular flexibility index (Phi) is 6.72. The van der Waals surface area contributed by atoms with Crippen LogP contribution in [0.2, 0.25) is 0 Å². The molecule has 26 heavy (non-hydrogen) atoms. The molecule has 0 fully saturated rings. The lowest BCUT2D eigenvalue weighted by molar-refractivity contribution is -0.117. The van der Waals surface area contributed by atoms with Gasteiger partial charge in [-0.15, -0.1) is 0 Å². The third-order valence-corrected chi connectivity index (χ3v) is 4.02. The molecule has 6 nitrogen and oxygen atoms in total. The molecule has 140 valence electrons. The minimum Gasteiger partial charge on any atom is -0.493 e. The second-order valence-electron chi connectivity index (χ2n) is 5.58. The fourth-order valence-electron chi connectivity index (χ4n) is 2.80. The summed E-state index contributed by atoms with van der Waals surface area (Å²) in [5.74, 6) is 2.81. The molecule has 0 bridgehead atoms. The molecule has 0 amide bonds. The molecule has 0 heterocycles. The van der Waals surface area contributed by atoms with Gasteiger partial charge < -0.3 is 23.7 Å². The van der Waals surface area contributed by atoms with E-state index in [1.807, 2.05) is 18.2 Å². The van der Waals surface area contributed by atoms with Crippen LogP contribution in [0.25, 0.3) is 0 Å². The Morgan fingerprint density at radius 1 is 0.692 bits per heavy atom. The van der Waals surface area contributed by atoms with Crippen molar-refractivity contribution in [2.45, 2.75) is 12.8 Å². The zero-order chi connectivity index (χ0) is 19.1. The van der Waals surface area contributed by atoms with Crippen LogP contribution in [0, 0.1) is 0 Å². The first-order valence-corrected chi connectivity index (χ1v) is 8.08. The average Bonchev–Trinajstić information content (AvgIpc) is 2.67. The van der Waals surface area contributed by atoms with E-state index in [-0.39, 0.29) is 18.6 Å². The molecule has 2 aromatic rings. The number of benzene rings is 2. The molecule has 0 radical (unpaired) electrons. The van der Waals surface area contributed by atoms with E-state index in [0.717, 1.165) is 11.1 Å². The molecular weight excluding hydrogens is 336 g/mol. The van der Waals surface area contributed by atoms with Crippen molar-refractivity contribution in [3.05, 3.63) is 41.5 Å². The fourth-order valence-corrected chi connectivity index (χ4v) is 2.80. The maximum Gasteiger partial charge on any atom is 0.203 e. The lowest BCUT2D eigenvalue weighted by Crippen LogP contribution is -2.09. The number of hydrogen-bond acceptors (Lipinski definition) is 6. The first-order valence-electron chi connectivity index (χ1n) is 8.08. The van der Waals surface area contributed by atoms with Gasteiger partial charge in [-0.05, 0) is 23.8 Å². The van der Waals surface area contributed by atoms with Gasteiger partial charge in [-0.3, -0.25) is 4.79 Å². The summed E-state index contributed by atoms with van der Waals surface area (Å²) in [4.78, 5) is 12.6. The van der Waals surface area contributed by atoms with Crippen LogP contribution in [0.4, 0.5) is 0 Å². The highest BCUT2D eigenvalue weighted by molar-refractivity contribution is 5.84. The monoisotopic (exact) mass is 360 g/mol. The van der Waals surface area contributed by atoms with E-state index in [9.17, 15) is 4.79 Å². The number of carbonyl (C=O) groups excluding carboxylic acids is 1. The molecule has 0 saturated heterocycles. The van der Waals surface area contributed by atoms with Crippen molar-refractivity contribution < 1.29 is 28.5 Å². The van der Waals surface area contributed by atoms with Gasteiger partial charge in [0.2, 0.25) is 5.75 Å². The normalized spacial score (nSPS) is 10.2. The maximum absolute atomic E-state index is 12.6. The van der Waals surface area contributed by atoms with E-state index >= 15 is 0 Å². The highest BCUT2D eigenvalue weighted by Gasteiger charge is 2.18. The standard InChI is InChI=1S/C20H24O6/c1-22-16-8-6-13(11-18(16)24-3)10-15(21)12-14-7-9-17(23-2)20(26-5)19(14)25-4/h6-9,11H,10,12H2,1-5H3. The van der Waals surface area contributed by atoms with Crippen LogP contribution in [0.3, 0.4) is 0 Å². The van der Waals surface area contributed by atoms with E-state index in [1.54, 1.807) is 40.6 Å². The van der Waals surface area contributed by atoms with Crippen molar-refractivity contribution in [2.75, 3.05) is 35.5 Å². The highest BCUT2D eigenvalue weighted by Crippen LogP contribution is 2.40. The smallest absolute Gasteiger partial charge is 0.203 e. The number of rotatable bonds is 9. The number of Topliss-reactive ketones (excluding diaryl/α,β-unsaturated/α-hetero) is 1. The van der Waals surface area contributed by atoms with E-state index < -0.39 is 0 Å². The Balaban J connectivity index is 2.20. The molecule has 2 aromatic carbocycles. The van der Waals surface area contributed by atoms with Gasteiger partial charge in [0.15, 0.2) is 23.0 Å². The number of carbonyl (C=O) groups is 1. The Bertz CT molecular complexity index is 769. The predicted octanol–water partition coefficient (Wildman–Crippen LogP) is 3.08. The third kappa shape index (κ3) is 4.20. The van der Waals surface area contributed by atoms with Crippen molar-refractivity contribution in [3.8, 4) is 28.7 Å². The zero-order valence-electron chi connectivity index (χ0n) is 15.8. The van der Waals surface area contributed by atoms with Crippen LogP contribution in [0.5, 0.6) is 28.7 Å². The van der Waals surface area contributed by atoms with Gasteiger partial charge in [-0.2, -0.15) is 0 Å². The van der Waals surface area contributed by atoms with Crippen LogP contribution < -0.4 is 23.7 Å². The summed E-state index contributed by atoms with van der Waals surface area (Å²) in [6.07, 6.45) is 0.496. The fraction of sp³-hybridized carbons (Fsp3) is 0.350. The van der Waals surface area contributed by atoms with Gasteiger partial charge in [0.1, 0.15) is 5.78 Å². The lowest BCUT2D eigenvalue weighted by Gasteiger charge is -2.15. The van der Waals surface area contributed by atoms with Crippen LogP contribution >= 0.6 is 0 Å². The lowest BCUT2D eigenvalue weighted by atomic mass is 10.0. The van der Waals surface area contributed by atoms with Crippen molar-refractivity contribution in [1.82, 2.24) is 0 Å². The van der Waals surface area contributed by atoms with Gasteiger partial charge in [0, 0.05) is 18.4 Å². The van der Waals surface area contributed by atoms with Crippen molar-refractivity contribution >= 4 is 5.78 Å². The second kappa shape index (κ2) is 8.99. The third-order valence-electron chi connectivity index (χ3n) is 4.02. The molecule has 0 aliphatic rings. The summed E-state index contributed by atoms with van der Waals surface area (Å²) < 4.78 is 26.6. The van der Waals surface area contributed by atoms with E-state index in [2.05, 4.69) is 0 Å². The van der Waals surface area contributed by atoms with E-state index in [0.29, 0.717) is 28.7 Å². The molecule has 6 heteroatoms. The van der Waals surface area contributed by atoms with Crippen molar-refractivity contribution in [3.63, 3.8) is 0 Å². The van der Waals surface area contributed by atoms with Crippen LogP contribution in [-0.2, 0) is 17.6 Å². The van der Waals surface area contributed by atoms with Crippen LogP contribution in [-0.4, -0.2) is 41.3 Å². The highest BCUT2D eigenvalue weighted by atomic mass is 16.5. The SMILES string of the molecule is COc1ccc(CC(=O)Cc2ccc(OC)c(OC)c2OC)cc1OC. The molecule has 0 aliphatic carbocycles. The quantitative estimate of drug-likeness (QED) is 0.685. The molecule has 0 saturated carbocycles. The largest absolute Gasteiger partial charge is 0.493 e. The molecule has 0 N–H and O–H groups in total. The molecule has 0 atom stereocenters. The molecule has 0 aromatic heterocycles. The summed E-state index contributed by atoms with van der Waals surface area (Å²) >= 11 is 0. The van der Waals surface area contributed by atoms with Gasteiger partial charge >= 0.3 is 0 Å². The summed E-state index contributed by atoms with van der Waals surface area (Å²) in [5.41, 5.74) is 1.60. The maximum atomic E-state index is 12.6. The number of hydrogen-bond donors (Lipinski definition) is 0. The summed E-state index contributed by atoms with van der Waals surface area (Å²) in [6.45, 7) is 0. The van der Waals surface area contributed by atoms with E-state index in [1.165, 1.54) is 7.11 Å². The Labute approximate surface area is 153 Å². The predicted molar refractivity (Wildman–Crippen MR) is 98.1 cm³/mol. The van der Waals surface area contributed by atoms with Gasteiger partial charge in [0.05, 0.1) is 35.5 Å². The molecule has 2 rings (SSSR count). The molecule has 0 unspecified atom stereocenters. The zero-order valence-corrected chi connectivity index (χ0v) is 15.8. The van der Waals surface area contributed by atoms with Crippen molar-refractivity contribution in [2.24, 2.45) is 0 Å².